The van der Waals surface area contributed by atoms with E-state index in [1.807, 2.05) is 48.8 Å². The van der Waals surface area contributed by atoms with Gasteiger partial charge in [-0.3, -0.25) is 0 Å². The second-order valence-corrected chi connectivity index (χ2v) is 7.83. The van der Waals surface area contributed by atoms with E-state index in [4.69, 9.17) is 0 Å². The molecule has 2 heterocycles. The molecular weight excluding hydrogens is 397 g/mol. The van der Waals surface area contributed by atoms with Gasteiger partial charge in [0, 0.05) is 40.1 Å². The van der Waals surface area contributed by atoms with Crippen LogP contribution in [0.2, 0.25) is 0 Å². The number of halogens is 3. The van der Waals surface area contributed by atoms with Crippen molar-refractivity contribution < 1.29 is 13.2 Å². The van der Waals surface area contributed by atoms with Crippen LogP contribution in [0.15, 0.2) is 85.2 Å². The highest BCUT2D eigenvalue weighted by Crippen LogP contribution is 2.39. The van der Waals surface area contributed by atoms with Crippen LogP contribution < -0.4 is 0 Å². The van der Waals surface area contributed by atoms with Crippen molar-refractivity contribution in [2.24, 2.45) is 0 Å². The van der Waals surface area contributed by atoms with Crippen molar-refractivity contribution >= 4 is 21.8 Å². The SMILES string of the molecule is FC(F)(F)c1ccccc1CCC(c1c[nH]c2ccccc12)c1c[nH]c2ccccc12. The Kier molecular flexibility index (Phi) is 4.81. The van der Waals surface area contributed by atoms with Gasteiger partial charge < -0.3 is 9.97 Å². The lowest BCUT2D eigenvalue weighted by atomic mass is 9.85. The smallest absolute Gasteiger partial charge is 0.361 e. The van der Waals surface area contributed by atoms with Crippen LogP contribution in [0.1, 0.15) is 34.6 Å². The van der Waals surface area contributed by atoms with Gasteiger partial charge in [0.2, 0.25) is 0 Å². The molecule has 0 aliphatic carbocycles. The summed E-state index contributed by atoms with van der Waals surface area (Å²) in [5.41, 5.74) is 4.04. The number of benzene rings is 3. The second kappa shape index (κ2) is 7.65. The van der Waals surface area contributed by atoms with Crippen molar-refractivity contribution in [3.63, 3.8) is 0 Å². The molecule has 0 unspecified atom stereocenters. The summed E-state index contributed by atoms with van der Waals surface area (Å²) in [6.07, 6.45) is 0.531. The molecule has 5 rings (SSSR count). The first-order valence-corrected chi connectivity index (χ1v) is 10.3. The molecule has 0 fully saturated rings. The molecule has 0 saturated heterocycles. The van der Waals surface area contributed by atoms with E-state index < -0.39 is 11.7 Å². The van der Waals surface area contributed by atoms with Gasteiger partial charge in [-0.2, -0.15) is 13.2 Å². The number of alkyl halides is 3. The highest BCUT2D eigenvalue weighted by Gasteiger charge is 2.33. The molecule has 0 atom stereocenters. The van der Waals surface area contributed by atoms with Gasteiger partial charge in [-0.05, 0) is 47.7 Å². The average molecular weight is 418 g/mol. The van der Waals surface area contributed by atoms with Crippen LogP contribution >= 0.6 is 0 Å². The van der Waals surface area contributed by atoms with Gasteiger partial charge in [-0.25, -0.2) is 0 Å². The Balaban J connectivity index is 1.59. The van der Waals surface area contributed by atoms with Gasteiger partial charge in [0.05, 0.1) is 5.56 Å². The molecule has 0 spiro atoms. The van der Waals surface area contributed by atoms with Crippen molar-refractivity contribution in [3.05, 3.63) is 107 Å². The lowest BCUT2D eigenvalue weighted by molar-refractivity contribution is -0.138. The zero-order chi connectivity index (χ0) is 21.4. The topological polar surface area (TPSA) is 31.6 Å². The normalized spacial score (nSPS) is 12.3. The van der Waals surface area contributed by atoms with E-state index >= 15 is 0 Å². The first-order valence-electron chi connectivity index (χ1n) is 10.3. The molecule has 0 aliphatic rings. The van der Waals surface area contributed by atoms with Crippen LogP contribution in [0, 0.1) is 0 Å². The number of hydrogen-bond donors (Lipinski definition) is 2. The molecule has 0 radical (unpaired) electrons. The summed E-state index contributed by atoms with van der Waals surface area (Å²) in [6.45, 7) is 0. The van der Waals surface area contributed by atoms with Crippen LogP contribution in [0.3, 0.4) is 0 Å². The standard InChI is InChI=1S/C26H21F3N2/c27-26(28,29)23-10-4-1-7-17(23)13-14-18(21-15-30-24-11-5-2-8-19(21)24)22-16-31-25-12-6-3-9-20(22)25/h1-12,15-16,18,30-31H,13-14H2. The third-order valence-corrected chi connectivity index (χ3v) is 6.02. The molecule has 2 N–H and O–H groups in total. The number of H-pyrrole nitrogens is 2. The van der Waals surface area contributed by atoms with Gasteiger partial charge in [0.25, 0.3) is 0 Å². The number of fused-ring (bicyclic) bond motifs is 2. The van der Waals surface area contributed by atoms with Crippen molar-refractivity contribution in [1.82, 2.24) is 9.97 Å². The first-order chi connectivity index (χ1) is 15.0. The lowest BCUT2D eigenvalue weighted by Gasteiger charge is -2.19. The molecule has 0 amide bonds. The zero-order valence-corrected chi connectivity index (χ0v) is 16.7. The van der Waals surface area contributed by atoms with E-state index in [1.165, 1.54) is 12.1 Å². The number of nitrogens with one attached hydrogen (secondary N) is 2. The van der Waals surface area contributed by atoms with E-state index in [0.29, 0.717) is 18.4 Å². The maximum atomic E-state index is 13.5. The first kappa shape index (κ1) is 19.5. The quantitative estimate of drug-likeness (QED) is 0.297. The van der Waals surface area contributed by atoms with Crippen LogP contribution in [0.4, 0.5) is 13.2 Å². The summed E-state index contributed by atoms with van der Waals surface area (Å²) in [7, 11) is 0. The van der Waals surface area contributed by atoms with Gasteiger partial charge in [0.1, 0.15) is 0 Å². The summed E-state index contributed by atoms with van der Waals surface area (Å²) in [5, 5.41) is 2.20. The predicted octanol–water partition coefficient (Wildman–Crippen LogP) is 7.43. The lowest BCUT2D eigenvalue weighted by Crippen LogP contribution is -2.10. The van der Waals surface area contributed by atoms with E-state index in [-0.39, 0.29) is 5.92 Å². The number of aryl methyl sites for hydroxylation is 1. The molecule has 2 nitrogen and oxygen atoms in total. The van der Waals surface area contributed by atoms with E-state index in [0.717, 1.165) is 32.9 Å². The number of rotatable bonds is 5. The summed E-state index contributed by atoms with van der Waals surface area (Å²) in [4.78, 5) is 6.64. The monoisotopic (exact) mass is 418 g/mol. The molecule has 0 bridgehead atoms. The Morgan fingerprint density at radius 1 is 0.677 bits per heavy atom. The Hall–Kier alpha value is -3.47. The molecule has 3 aromatic carbocycles. The van der Waals surface area contributed by atoms with Crippen molar-refractivity contribution in [2.75, 3.05) is 0 Å². The minimum Gasteiger partial charge on any atom is -0.361 e. The van der Waals surface area contributed by atoms with E-state index in [9.17, 15) is 13.2 Å². The fraction of sp³-hybridized carbons (Fsp3) is 0.154. The summed E-state index contributed by atoms with van der Waals surface area (Å²) < 4.78 is 40.6. The Labute approximate surface area is 177 Å². The molecule has 31 heavy (non-hydrogen) atoms. The van der Waals surface area contributed by atoms with Crippen LogP contribution in [0.5, 0.6) is 0 Å². The minimum absolute atomic E-state index is 0.0476. The van der Waals surface area contributed by atoms with E-state index in [1.54, 1.807) is 12.1 Å². The van der Waals surface area contributed by atoms with Crippen molar-refractivity contribution in [2.45, 2.75) is 24.9 Å². The second-order valence-electron chi connectivity index (χ2n) is 7.83. The molecule has 5 aromatic rings. The Bertz CT molecular complexity index is 1270. The molecular formula is C26H21F3N2. The van der Waals surface area contributed by atoms with Crippen LogP contribution in [-0.2, 0) is 12.6 Å². The highest BCUT2D eigenvalue weighted by atomic mass is 19.4. The maximum Gasteiger partial charge on any atom is 0.416 e. The van der Waals surface area contributed by atoms with Gasteiger partial charge in [0.15, 0.2) is 0 Å². The van der Waals surface area contributed by atoms with Crippen LogP contribution in [-0.4, -0.2) is 9.97 Å². The zero-order valence-electron chi connectivity index (χ0n) is 16.7. The number of hydrogen-bond acceptors (Lipinski definition) is 0. The largest absolute Gasteiger partial charge is 0.416 e. The fourth-order valence-corrected chi connectivity index (χ4v) is 4.56. The summed E-state index contributed by atoms with van der Waals surface area (Å²) >= 11 is 0. The molecule has 2 aromatic heterocycles. The van der Waals surface area contributed by atoms with Gasteiger partial charge in [-0.15, -0.1) is 0 Å². The summed E-state index contributed by atoms with van der Waals surface area (Å²) in [6, 6.07) is 22.0. The minimum atomic E-state index is -4.35. The molecule has 0 saturated carbocycles. The Morgan fingerprint density at radius 2 is 1.19 bits per heavy atom. The maximum absolute atomic E-state index is 13.5. The highest BCUT2D eigenvalue weighted by molar-refractivity contribution is 5.88. The third-order valence-electron chi connectivity index (χ3n) is 6.02. The molecule has 0 aliphatic heterocycles. The fourth-order valence-electron chi connectivity index (χ4n) is 4.56. The third kappa shape index (κ3) is 3.61. The number of aromatic amines is 2. The Morgan fingerprint density at radius 3 is 1.77 bits per heavy atom. The van der Waals surface area contributed by atoms with E-state index in [2.05, 4.69) is 22.1 Å². The molecule has 5 heteroatoms. The summed E-state index contributed by atoms with van der Waals surface area (Å²) in [5.74, 6) is -0.0476. The molecule has 156 valence electrons. The van der Waals surface area contributed by atoms with Gasteiger partial charge in [-0.1, -0.05) is 54.6 Å². The van der Waals surface area contributed by atoms with Crippen LogP contribution in [0.25, 0.3) is 21.8 Å². The van der Waals surface area contributed by atoms with Crippen molar-refractivity contribution in [1.29, 1.82) is 0 Å². The number of aromatic nitrogens is 2. The number of para-hydroxylation sites is 2. The average Bonchev–Trinajstić information content (AvgIpc) is 3.39. The van der Waals surface area contributed by atoms with Crippen molar-refractivity contribution in [3.8, 4) is 0 Å². The van der Waals surface area contributed by atoms with Gasteiger partial charge >= 0.3 is 6.18 Å². The predicted molar refractivity (Wildman–Crippen MR) is 118 cm³/mol.